The lowest BCUT2D eigenvalue weighted by Gasteiger charge is -2.19. The first-order valence-corrected chi connectivity index (χ1v) is 7.79. The molecule has 1 aromatic rings. The molecule has 6 heteroatoms. The van der Waals surface area contributed by atoms with E-state index in [2.05, 4.69) is 10.6 Å². The third-order valence-electron chi connectivity index (χ3n) is 2.75. The van der Waals surface area contributed by atoms with Gasteiger partial charge in [-0.3, -0.25) is 0 Å². The highest BCUT2D eigenvalue weighted by molar-refractivity contribution is 5.89. The summed E-state index contributed by atoms with van der Waals surface area (Å²) in [7, 11) is 0. The molecule has 0 aliphatic carbocycles. The van der Waals surface area contributed by atoms with E-state index < -0.39 is 11.7 Å². The highest BCUT2D eigenvalue weighted by atomic mass is 16.6. The molecule has 0 atom stereocenters. The molecule has 0 heterocycles. The Balaban J connectivity index is 2.23. The van der Waals surface area contributed by atoms with Gasteiger partial charge >= 0.3 is 12.1 Å². The number of anilines is 1. The van der Waals surface area contributed by atoms with E-state index >= 15 is 0 Å². The van der Waals surface area contributed by atoms with Crippen LogP contribution in [0.15, 0.2) is 24.3 Å². The maximum absolute atomic E-state index is 11.5. The number of esters is 1. The first-order valence-electron chi connectivity index (χ1n) is 7.79. The molecule has 1 aromatic carbocycles. The molecule has 1 rings (SSSR count). The minimum atomic E-state index is -0.483. The summed E-state index contributed by atoms with van der Waals surface area (Å²) in [6.07, 6.45) is 0.357. The smallest absolute Gasteiger partial charge is 0.407 e. The number of carbonyl (C=O) groups is 2. The van der Waals surface area contributed by atoms with Crippen molar-refractivity contribution in [2.24, 2.45) is 0 Å². The second-order valence-electron chi connectivity index (χ2n) is 6.01. The summed E-state index contributed by atoms with van der Waals surface area (Å²) in [5.41, 5.74) is 0.961. The van der Waals surface area contributed by atoms with Crippen LogP contribution in [0.25, 0.3) is 0 Å². The minimum absolute atomic E-state index is 0.319. The first kappa shape index (κ1) is 18.8. The summed E-state index contributed by atoms with van der Waals surface area (Å²) in [6.45, 7) is 8.86. The molecular weight excluding hydrogens is 296 g/mol. The van der Waals surface area contributed by atoms with Crippen LogP contribution in [-0.2, 0) is 9.47 Å². The molecule has 23 heavy (non-hydrogen) atoms. The van der Waals surface area contributed by atoms with Gasteiger partial charge in [0.2, 0.25) is 0 Å². The fraction of sp³-hybridized carbons (Fsp3) is 0.529. The van der Waals surface area contributed by atoms with E-state index in [0.29, 0.717) is 25.3 Å². The second-order valence-corrected chi connectivity index (χ2v) is 6.01. The average molecular weight is 322 g/mol. The van der Waals surface area contributed by atoms with Gasteiger partial charge in [-0.1, -0.05) is 0 Å². The van der Waals surface area contributed by atoms with E-state index in [0.717, 1.165) is 12.1 Å². The van der Waals surface area contributed by atoms with E-state index in [1.807, 2.05) is 32.9 Å². The topological polar surface area (TPSA) is 76.7 Å². The molecule has 0 aliphatic rings. The predicted octanol–water partition coefficient (Wildman–Crippen LogP) is 3.19. The molecule has 0 aromatic heterocycles. The SMILES string of the molecule is CCOC(=O)c1ccc(NCCCNC(=O)OC(C)(C)C)cc1. The Morgan fingerprint density at radius 3 is 2.30 bits per heavy atom. The van der Waals surface area contributed by atoms with E-state index in [1.165, 1.54) is 0 Å². The van der Waals surface area contributed by atoms with Gasteiger partial charge in [0, 0.05) is 18.8 Å². The highest BCUT2D eigenvalue weighted by Crippen LogP contribution is 2.10. The maximum Gasteiger partial charge on any atom is 0.407 e. The number of hydrogen-bond acceptors (Lipinski definition) is 5. The van der Waals surface area contributed by atoms with Crippen molar-refractivity contribution < 1.29 is 19.1 Å². The van der Waals surface area contributed by atoms with Gasteiger partial charge in [-0.25, -0.2) is 9.59 Å². The molecule has 128 valence electrons. The van der Waals surface area contributed by atoms with Crippen LogP contribution in [0.3, 0.4) is 0 Å². The van der Waals surface area contributed by atoms with Crippen LogP contribution in [0.5, 0.6) is 0 Å². The van der Waals surface area contributed by atoms with Crippen molar-refractivity contribution >= 4 is 17.7 Å². The molecule has 2 N–H and O–H groups in total. The molecule has 0 spiro atoms. The Bertz CT molecular complexity index is 506. The zero-order valence-electron chi connectivity index (χ0n) is 14.3. The third kappa shape index (κ3) is 8.09. The van der Waals surface area contributed by atoms with Gasteiger partial charge in [0.05, 0.1) is 12.2 Å². The molecular formula is C17H26N2O4. The van der Waals surface area contributed by atoms with E-state index in [-0.39, 0.29) is 5.97 Å². The Kier molecular flexibility index (Phi) is 7.38. The standard InChI is InChI=1S/C17H26N2O4/c1-5-22-15(20)13-7-9-14(10-8-13)18-11-6-12-19-16(21)23-17(2,3)4/h7-10,18H,5-6,11-12H2,1-4H3,(H,19,21). The van der Waals surface area contributed by atoms with Gasteiger partial charge in [0.25, 0.3) is 0 Å². The minimum Gasteiger partial charge on any atom is -0.462 e. The van der Waals surface area contributed by atoms with E-state index in [1.54, 1.807) is 19.1 Å². The van der Waals surface area contributed by atoms with Crippen molar-refractivity contribution in [1.29, 1.82) is 0 Å². The molecule has 0 saturated carbocycles. The number of hydrogen-bond donors (Lipinski definition) is 2. The molecule has 0 radical (unpaired) electrons. The van der Waals surface area contributed by atoms with Crippen molar-refractivity contribution in [3.8, 4) is 0 Å². The van der Waals surface area contributed by atoms with Crippen LogP contribution >= 0.6 is 0 Å². The Morgan fingerprint density at radius 1 is 1.09 bits per heavy atom. The molecule has 6 nitrogen and oxygen atoms in total. The van der Waals surface area contributed by atoms with Gasteiger partial charge in [-0.05, 0) is 58.4 Å². The fourth-order valence-electron chi connectivity index (χ4n) is 1.76. The summed E-state index contributed by atoms with van der Waals surface area (Å²) in [5, 5.41) is 5.92. The fourth-order valence-corrected chi connectivity index (χ4v) is 1.76. The summed E-state index contributed by atoms with van der Waals surface area (Å²) < 4.78 is 10.1. The maximum atomic E-state index is 11.5. The van der Waals surface area contributed by atoms with Crippen molar-refractivity contribution in [3.63, 3.8) is 0 Å². The number of carbonyl (C=O) groups excluding carboxylic acids is 2. The summed E-state index contributed by atoms with van der Waals surface area (Å²) in [5.74, 6) is -0.319. The number of alkyl carbamates (subject to hydrolysis) is 1. The van der Waals surface area contributed by atoms with Crippen LogP contribution in [0.1, 0.15) is 44.5 Å². The number of benzene rings is 1. The largest absolute Gasteiger partial charge is 0.462 e. The Morgan fingerprint density at radius 2 is 1.74 bits per heavy atom. The van der Waals surface area contributed by atoms with Crippen molar-refractivity contribution in [1.82, 2.24) is 5.32 Å². The molecule has 0 aliphatic heterocycles. The van der Waals surface area contributed by atoms with Crippen molar-refractivity contribution in [3.05, 3.63) is 29.8 Å². The molecule has 0 fully saturated rings. The second kappa shape index (κ2) is 9.02. The Hall–Kier alpha value is -2.24. The first-order chi connectivity index (χ1) is 10.8. The highest BCUT2D eigenvalue weighted by Gasteiger charge is 2.15. The van der Waals surface area contributed by atoms with Crippen LogP contribution in [0.4, 0.5) is 10.5 Å². The van der Waals surface area contributed by atoms with Crippen molar-refractivity contribution in [2.75, 3.05) is 25.0 Å². The van der Waals surface area contributed by atoms with Gasteiger partial charge in [-0.2, -0.15) is 0 Å². The zero-order chi connectivity index (χ0) is 17.3. The monoisotopic (exact) mass is 322 g/mol. The average Bonchev–Trinajstić information content (AvgIpc) is 2.46. The number of nitrogens with one attached hydrogen (secondary N) is 2. The van der Waals surface area contributed by atoms with E-state index in [9.17, 15) is 9.59 Å². The van der Waals surface area contributed by atoms with Crippen LogP contribution in [0.2, 0.25) is 0 Å². The third-order valence-corrected chi connectivity index (χ3v) is 2.75. The number of ether oxygens (including phenoxy) is 2. The van der Waals surface area contributed by atoms with Crippen molar-refractivity contribution in [2.45, 2.75) is 39.7 Å². The van der Waals surface area contributed by atoms with E-state index in [4.69, 9.17) is 9.47 Å². The predicted molar refractivity (Wildman–Crippen MR) is 89.7 cm³/mol. The lowest BCUT2D eigenvalue weighted by Crippen LogP contribution is -2.33. The lowest BCUT2D eigenvalue weighted by molar-refractivity contribution is 0.0516. The Labute approximate surface area is 137 Å². The molecule has 0 unspecified atom stereocenters. The van der Waals surface area contributed by atoms with Gasteiger partial charge < -0.3 is 20.1 Å². The van der Waals surface area contributed by atoms with Gasteiger partial charge in [0.15, 0.2) is 0 Å². The quantitative estimate of drug-likeness (QED) is 0.595. The normalized spacial score (nSPS) is 10.8. The zero-order valence-corrected chi connectivity index (χ0v) is 14.3. The molecule has 0 saturated heterocycles. The van der Waals surface area contributed by atoms with Crippen LogP contribution in [-0.4, -0.2) is 37.4 Å². The van der Waals surface area contributed by atoms with Crippen LogP contribution in [0, 0.1) is 0 Å². The summed E-state index contributed by atoms with van der Waals surface area (Å²) in [6, 6.07) is 7.10. The summed E-state index contributed by atoms with van der Waals surface area (Å²) in [4.78, 5) is 23.0. The van der Waals surface area contributed by atoms with Crippen LogP contribution < -0.4 is 10.6 Å². The number of amides is 1. The molecule has 1 amide bonds. The number of rotatable bonds is 7. The lowest BCUT2D eigenvalue weighted by atomic mass is 10.2. The molecule has 0 bridgehead atoms. The van der Waals surface area contributed by atoms with Gasteiger partial charge in [0.1, 0.15) is 5.60 Å². The summed E-state index contributed by atoms with van der Waals surface area (Å²) >= 11 is 0. The van der Waals surface area contributed by atoms with Gasteiger partial charge in [-0.15, -0.1) is 0 Å².